The Labute approximate surface area is 219 Å². The minimum Gasteiger partial charge on any atom is -0.347 e. The first kappa shape index (κ1) is 25.4. The van der Waals surface area contributed by atoms with Gasteiger partial charge in [-0.25, -0.2) is 10.1 Å². The number of pyridine rings is 1. The Kier molecular flexibility index (Phi) is 7.68. The van der Waals surface area contributed by atoms with Crippen molar-refractivity contribution in [3.05, 3.63) is 102 Å². The second-order valence-corrected chi connectivity index (χ2v) is 9.59. The maximum Gasteiger partial charge on any atom is 0.281 e. The maximum atomic E-state index is 13.0. The monoisotopic (exact) mass is 542 g/mol. The first-order valence-corrected chi connectivity index (χ1v) is 12.2. The number of hydrogen-bond acceptors (Lipinski definition) is 6. The molecule has 3 aromatic heterocycles. The molecule has 0 fully saturated rings. The predicted molar refractivity (Wildman–Crippen MR) is 141 cm³/mol. The minimum atomic E-state index is -0.497. The van der Waals surface area contributed by atoms with E-state index < -0.39 is 5.91 Å². The van der Waals surface area contributed by atoms with Gasteiger partial charge in [0.2, 0.25) is 0 Å². The number of H-pyrrole nitrogens is 1. The van der Waals surface area contributed by atoms with Gasteiger partial charge in [-0.15, -0.1) is 11.3 Å². The van der Waals surface area contributed by atoms with Gasteiger partial charge in [0, 0.05) is 24.6 Å². The fraction of sp³-hybridized carbons (Fsp3) is 0.125. The van der Waals surface area contributed by atoms with Gasteiger partial charge in [-0.1, -0.05) is 29.3 Å². The van der Waals surface area contributed by atoms with Crippen LogP contribution in [0.15, 0.2) is 64.8 Å². The molecule has 0 radical (unpaired) electrons. The van der Waals surface area contributed by atoms with E-state index in [-0.39, 0.29) is 11.5 Å². The van der Waals surface area contributed by atoms with Crippen LogP contribution < -0.4 is 16.3 Å². The molecule has 0 aliphatic carbocycles. The van der Waals surface area contributed by atoms with Crippen molar-refractivity contribution in [2.75, 3.05) is 0 Å². The van der Waals surface area contributed by atoms with Gasteiger partial charge < -0.3 is 5.32 Å². The molecule has 0 spiro atoms. The highest BCUT2D eigenvalue weighted by Gasteiger charge is 2.17. The molecule has 3 heterocycles. The molecule has 4 aromatic rings. The van der Waals surface area contributed by atoms with E-state index in [0.717, 1.165) is 16.9 Å². The van der Waals surface area contributed by atoms with Crippen molar-refractivity contribution in [3.8, 4) is 5.69 Å². The summed E-state index contributed by atoms with van der Waals surface area (Å²) in [6, 6.07) is 11.6. The summed E-state index contributed by atoms with van der Waals surface area (Å²) in [5.74, 6) is -0.794. The number of amides is 2. The lowest BCUT2D eigenvalue weighted by Crippen LogP contribution is -2.23. The maximum absolute atomic E-state index is 13.0. The molecule has 0 aliphatic rings. The van der Waals surface area contributed by atoms with E-state index in [2.05, 4.69) is 25.9 Å². The van der Waals surface area contributed by atoms with Crippen LogP contribution >= 0.6 is 34.5 Å². The molecule has 0 aliphatic heterocycles. The zero-order chi connectivity index (χ0) is 25.8. The van der Waals surface area contributed by atoms with E-state index in [1.165, 1.54) is 4.68 Å². The summed E-state index contributed by atoms with van der Waals surface area (Å²) in [5, 5.41) is 10.6. The first-order chi connectivity index (χ1) is 17.2. The van der Waals surface area contributed by atoms with Crippen LogP contribution in [0.2, 0.25) is 10.0 Å². The fourth-order valence-electron chi connectivity index (χ4n) is 3.38. The average molecular weight is 543 g/mol. The Morgan fingerprint density at radius 3 is 2.56 bits per heavy atom. The molecular weight excluding hydrogens is 523 g/mol. The van der Waals surface area contributed by atoms with Crippen LogP contribution in [0.4, 0.5) is 0 Å². The summed E-state index contributed by atoms with van der Waals surface area (Å²) >= 11 is 13.1. The third kappa shape index (κ3) is 5.56. The number of hydrogen-bond donors (Lipinski definition) is 3. The van der Waals surface area contributed by atoms with Gasteiger partial charge in [0.25, 0.3) is 17.4 Å². The van der Waals surface area contributed by atoms with E-state index in [0.29, 0.717) is 49.0 Å². The molecule has 2 amide bonds. The first-order valence-electron chi connectivity index (χ1n) is 10.6. The number of aromatic amines is 1. The number of nitrogens with zero attached hydrogens (tertiary/aromatic N) is 3. The number of hydrazone groups is 1. The zero-order valence-electron chi connectivity index (χ0n) is 19.1. The van der Waals surface area contributed by atoms with E-state index in [1.807, 2.05) is 6.07 Å². The van der Waals surface area contributed by atoms with Crippen LogP contribution in [-0.4, -0.2) is 32.3 Å². The van der Waals surface area contributed by atoms with E-state index >= 15 is 0 Å². The molecular formula is C24H20Cl2N6O3S. The lowest BCUT2D eigenvalue weighted by Gasteiger charge is -2.03. The van der Waals surface area contributed by atoms with Crippen molar-refractivity contribution < 1.29 is 9.59 Å². The van der Waals surface area contributed by atoms with Crippen LogP contribution in [0, 0.1) is 6.92 Å². The Morgan fingerprint density at radius 2 is 1.86 bits per heavy atom. The Morgan fingerprint density at radius 1 is 1.11 bits per heavy atom. The zero-order valence-corrected chi connectivity index (χ0v) is 21.5. The molecule has 184 valence electrons. The number of rotatable bonds is 7. The highest BCUT2D eigenvalue weighted by atomic mass is 35.5. The summed E-state index contributed by atoms with van der Waals surface area (Å²) in [5.41, 5.74) is 4.64. The number of carbonyl (C=O) groups excluding carboxylic acids is 2. The lowest BCUT2D eigenvalue weighted by atomic mass is 10.2. The number of thiophene rings is 1. The van der Waals surface area contributed by atoms with E-state index in [4.69, 9.17) is 23.2 Å². The SMILES string of the molecule is CC(=NNC(=O)c1ccc(C(=O)NCc2cccnc2)s1)c1c(C)[nH]n(-c2ccc(Cl)c(Cl)c2)c1=O. The van der Waals surface area contributed by atoms with Crippen LogP contribution in [0.25, 0.3) is 5.69 Å². The molecule has 3 N–H and O–H groups in total. The van der Waals surface area contributed by atoms with Crippen LogP contribution in [0.1, 0.15) is 43.1 Å². The number of carbonyl (C=O) groups is 2. The van der Waals surface area contributed by atoms with Crippen molar-refractivity contribution >= 4 is 52.1 Å². The highest BCUT2D eigenvalue weighted by Crippen LogP contribution is 2.24. The Balaban J connectivity index is 1.44. The van der Waals surface area contributed by atoms with Crippen molar-refractivity contribution in [2.24, 2.45) is 5.10 Å². The number of halogens is 2. The van der Waals surface area contributed by atoms with E-state index in [1.54, 1.807) is 62.6 Å². The molecule has 0 atom stereocenters. The van der Waals surface area contributed by atoms with Gasteiger partial charge in [-0.2, -0.15) is 5.10 Å². The van der Waals surface area contributed by atoms with E-state index in [9.17, 15) is 14.4 Å². The minimum absolute atomic E-state index is 0.298. The largest absolute Gasteiger partial charge is 0.347 e. The standard InChI is InChI=1S/C24H20Cl2N6O3S/c1-13(21-14(2)31-32(24(21)35)16-5-6-17(25)18(26)10-16)29-30-23(34)20-8-7-19(36-20)22(33)28-12-15-4-3-9-27-11-15/h3-11,31H,12H2,1-2H3,(H,28,33)(H,30,34). The van der Waals surface area contributed by atoms with Gasteiger partial charge in [-0.05, 0) is 55.8 Å². The topological polar surface area (TPSA) is 121 Å². The summed E-state index contributed by atoms with van der Waals surface area (Å²) in [7, 11) is 0. The summed E-state index contributed by atoms with van der Waals surface area (Å²) < 4.78 is 1.32. The number of nitrogens with one attached hydrogen (secondary N) is 3. The molecule has 12 heteroatoms. The molecule has 0 saturated heterocycles. The normalized spacial score (nSPS) is 11.4. The molecule has 1 aromatic carbocycles. The second kappa shape index (κ2) is 10.9. The number of aromatic nitrogens is 3. The van der Waals surface area contributed by atoms with Gasteiger partial charge in [0.1, 0.15) is 0 Å². The van der Waals surface area contributed by atoms with Gasteiger partial charge in [-0.3, -0.25) is 24.5 Å². The van der Waals surface area contributed by atoms with Crippen molar-refractivity contribution in [3.63, 3.8) is 0 Å². The average Bonchev–Trinajstić information content (AvgIpc) is 3.48. The third-order valence-corrected chi connectivity index (χ3v) is 6.97. The molecule has 0 bridgehead atoms. The summed E-state index contributed by atoms with van der Waals surface area (Å²) in [6.45, 7) is 3.66. The third-order valence-electron chi connectivity index (χ3n) is 5.15. The van der Waals surface area contributed by atoms with Crippen LogP contribution in [0.3, 0.4) is 0 Å². The highest BCUT2D eigenvalue weighted by molar-refractivity contribution is 7.15. The second-order valence-electron chi connectivity index (χ2n) is 7.70. The van der Waals surface area contributed by atoms with Gasteiger partial charge in [0.15, 0.2) is 0 Å². The Bertz CT molecular complexity index is 1520. The van der Waals surface area contributed by atoms with Crippen molar-refractivity contribution in [1.82, 2.24) is 25.5 Å². The number of benzene rings is 1. The fourth-order valence-corrected chi connectivity index (χ4v) is 4.48. The lowest BCUT2D eigenvalue weighted by molar-refractivity contribution is 0.0950. The molecule has 0 saturated carbocycles. The summed E-state index contributed by atoms with van der Waals surface area (Å²) in [6.07, 6.45) is 3.32. The van der Waals surface area contributed by atoms with Gasteiger partial charge in [0.05, 0.1) is 36.8 Å². The van der Waals surface area contributed by atoms with Crippen LogP contribution in [0.5, 0.6) is 0 Å². The summed E-state index contributed by atoms with van der Waals surface area (Å²) in [4.78, 5) is 42.7. The van der Waals surface area contributed by atoms with Crippen molar-refractivity contribution in [1.29, 1.82) is 0 Å². The molecule has 4 rings (SSSR count). The quantitative estimate of drug-likeness (QED) is 0.238. The number of aryl methyl sites for hydroxylation is 1. The van der Waals surface area contributed by atoms with Crippen molar-refractivity contribution in [2.45, 2.75) is 20.4 Å². The molecule has 0 unspecified atom stereocenters. The Hall–Kier alpha value is -3.73. The molecule has 36 heavy (non-hydrogen) atoms. The van der Waals surface area contributed by atoms with Gasteiger partial charge >= 0.3 is 0 Å². The molecule has 9 nitrogen and oxygen atoms in total. The smallest absolute Gasteiger partial charge is 0.281 e. The van der Waals surface area contributed by atoms with Crippen LogP contribution in [-0.2, 0) is 6.54 Å². The predicted octanol–water partition coefficient (Wildman–Crippen LogP) is 4.32.